The van der Waals surface area contributed by atoms with Crippen LogP contribution in [0, 0.1) is 6.92 Å². The lowest BCUT2D eigenvalue weighted by Gasteiger charge is -2.07. The number of pyridine rings is 2. The van der Waals surface area contributed by atoms with E-state index in [4.69, 9.17) is 0 Å². The zero-order valence-electron chi connectivity index (χ0n) is 9.96. The second-order valence-corrected chi connectivity index (χ2v) is 4.22. The van der Waals surface area contributed by atoms with Crippen LogP contribution < -0.4 is 0 Å². The Balaban J connectivity index is 2.35. The summed E-state index contributed by atoms with van der Waals surface area (Å²) in [5.41, 5.74) is 3.68. The summed E-state index contributed by atoms with van der Waals surface area (Å²) in [6.45, 7) is 1.93. The van der Waals surface area contributed by atoms with Crippen molar-refractivity contribution in [3.8, 4) is 17.0 Å². The maximum atomic E-state index is 9.43. The van der Waals surface area contributed by atoms with Crippen LogP contribution in [-0.4, -0.2) is 15.1 Å². The second-order valence-electron chi connectivity index (χ2n) is 4.22. The molecule has 0 amide bonds. The van der Waals surface area contributed by atoms with E-state index in [0.29, 0.717) is 5.65 Å². The van der Waals surface area contributed by atoms with E-state index in [1.807, 2.05) is 37.3 Å². The van der Waals surface area contributed by atoms with Gasteiger partial charge in [0.15, 0.2) is 5.65 Å². The summed E-state index contributed by atoms with van der Waals surface area (Å²) in [7, 11) is 0. The van der Waals surface area contributed by atoms with Crippen molar-refractivity contribution >= 4 is 11.0 Å². The fraction of sp³-hybridized carbons (Fsp3) is 0.0667. The Labute approximate surface area is 105 Å². The predicted octanol–water partition coefficient (Wildman–Crippen LogP) is 3.31. The molecule has 3 aromatic rings. The van der Waals surface area contributed by atoms with Crippen LogP contribution in [-0.2, 0) is 0 Å². The number of aryl methyl sites for hydroxylation is 1. The minimum Gasteiger partial charge on any atom is -0.493 e. The molecule has 0 saturated heterocycles. The van der Waals surface area contributed by atoms with Gasteiger partial charge in [-0.3, -0.25) is 0 Å². The smallest absolute Gasteiger partial charge is 0.212 e. The molecule has 0 unspecified atom stereocenters. The van der Waals surface area contributed by atoms with Crippen molar-refractivity contribution < 1.29 is 5.11 Å². The first-order chi connectivity index (χ1) is 8.74. The van der Waals surface area contributed by atoms with Crippen LogP contribution in [0.25, 0.3) is 22.2 Å². The highest BCUT2D eigenvalue weighted by atomic mass is 16.3. The third-order valence-electron chi connectivity index (χ3n) is 2.87. The van der Waals surface area contributed by atoms with Crippen molar-refractivity contribution in [1.82, 2.24) is 9.97 Å². The minimum atomic E-state index is -0.000360. The van der Waals surface area contributed by atoms with Crippen LogP contribution in [0.5, 0.6) is 5.88 Å². The van der Waals surface area contributed by atoms with Crippen molar-refractivity contribution in [1.29, 1.82) is 0 Å². The summed E-state index contributed by atoms with van der Waals surface area (Å²) in [5.74, 6) is -0.000360. The van der Waals surface area contributed by atoms with Gasteiger partial charge in [0.05, 0.1) is 0 Å². The number of aromatic nitrogens is 2. The van der Waals surface area contributed by atoms with E-state index in [1.54, 1.807) is 6.07 Å². The number of nitrogens with zero attached hydrogens (tertiary/aromatic N) is 2. The van der Waals surface area contributed by atoms with Crippen LogP contribution in [0.1, 0.15) is 5.69 Å². The lowest BCUT2D eigenvalue weighted by atomic mass is 10.0. The van der Waals surface area contributed by atoms with Crippen molar-refractivity contribution in [3.63, 3.8) is 0 Å². The van der Waals surface area contributed by atoms with Gasteiger partial charge >= 0.3 is 0 Å². The van der Waals surface area contributed by atoms with E-state index in [9.17, 15) is 5.11 Å². The van der Waals surface area contributed by atoms with E-state index >= 15 is 0 Å². The summed E-state index contributed by atoms with van der Waals surface area (Å²) >= 11 is 0. The number of aromatic hydroxyl groups is 1. The predicted molar refractivity (Wildman–Crippen MR) is 71.4 cm³/mol. The lowest BCUT2D eigenvalue weighted by Crippen LogP contribution is -1.91. The summed E-state index contributed by atoms with van der Waals surface area (Å²) in [6, 6.07) is 15.6. The minimum absolute atomic E-state index is 0.000360. The molecule has 3 heteroatoms. The van der Waals surface area contributed by atoms with Gasteiger partial charge in [0.25, 0.3) is 0 Å². The zero-order valence-corrected chi connectivity index (χ0v) is 9.96. The molecule has 0 atom stereocenters. The van der Waals surface area contributed by atoms with Crippen molar-refractivity contribution in [2.75, 3.05) is 0 Å². The maximum absolute atomic E-state index is 9.43. The average molecular weight is 236 g/mol. The van der Waals surface area contributed by atoms with Crippen molar-refractivity contribution in [3.05, 3.63) is 54.2 Å². The summed E-state index contributed by atoms with van der Waals surface area (Å²) < 4.78 is 0. The van der Waals surface area contributed by atoms with E-state index in [-0.39, 0.29) is 5.88 Å². The molecule has 3 rings (SSSR count). The fourth-order valence-corrected chi connectivity index (χ4v) is 2.08. The van der Waals surface area contributed by atoms with Gasteiger partial charge in [0.2, 0.25) is 5.88 Å². The van der Waals surface area contributed by atoms with Crippen LogP contribution >= 0.6 is 0 Å². The quantitative estimate of drug-likeness (QED) is 0.705. The molecule has 88 valence electrons. The molecule has 0 aliphatic carbocycles. The number of hydrogen-bond donors (Lipinski definition) is 1. The van der Waals surface area contributed by atoms with Crippen molar-refractivity contribution in [2.45, 2.75) is 6.92 Å². The first kappa shape index (κ1) is 10.7. The first-order valence-corrected chi connectivity index (χ1v) is 5.77. The molecule has 3 nitrogen and oxygen atoms in total. The highest BCUT2D eigenvalue weighted by molar-refractivity contribution is 5.93. The number of hydrogen-bond acceptors (Lipinski definition) is 3. The molecule has 2 heterocycles. The van der Waals surface area contributed by atoms with Crippen LogP contribution in [0.3, 0.4) is 0 Å². The van der Waals surface area contributed by atoms with E-state index in [2.05, 4.69) is 22.1 Å². The first-order valence-electron chi connectivity index (χ1n) is 5.77. The fourth-order valence-electron chi connectivity index (χ4n) is 2.08. The van der Waals surface area contributed by atoms with E-state index < -0.39 is 0 Å². The standard InChI is InChI=1S/C15H12N2O/c1-10-9-13(11-5-3-2-4-6-11)12-7-8-14(18)17-15(12)16-10/h2-9H,1H3,(H,16,17,18). The molecule has 1 aromatic carbocycles. The molecule has 1 N–H and O–H groups in total. The van der Waals surface area contributed by atoms with Gasteiger partial charge in [-0.05, 0) is 30.2 Å². The molecule has 18 heavy (non-hydrogen) atoms. The highest BCUT2D eigenvalue weighted by Gasteiger charge is 2.07. The normalized spacial score (nSPS) is 10.7. The third kappa shape index (κ3) is 1.80. The van der Waals surface area contributed by atoms with E-state index in [1.165, 1.54) is 0 Å². The summed E-state index contributed by atoms with van der Waals surface area (Å²) in [4.78, 5) is 8.42. The number of benzene rings is 1. The summed E-state index contributed by atoms with van der Waals surface area (Å²) in [6.07, 6.45) is 0. The van der Waals surface area contributed by atoms with Gasteiger partial charge in [0.1, 0.15) is 0 Å². The molecule has 0 spiro atoms. The molecule has 0 bridgehead atoms. The Morgan fingerprint density at radius 2 is 1.72 bits per heavy atom. The monoisotopic (exact) mass is 236 g/mol. The van der Waals surface area contributed by atoms with Crippen LogP contribution in [0.4, 0.5) is 0 Å². The highest BCUT2D eigenvalue weighted by Crippen LogP contribution is 2.28. The third-order valence-corrected chi connectivity index (χ3v) is 2.87. The maximum Gasteiger partial charge on any atom is 0.212 e. The van der Waals surface area contributed by atoms with Crippen LogP contribution in [0.2, 0.25) is 0 Å². The Morgan fingerprint density at radius 1 is 0.944 bits per heavy atom. The Kier molecular flexibility index (Phi) is 2.45. The zero-order chi connectivity index (χ0) is 12.5. The number of rotatable bonds is 1. The Morgan fingerprint density at radius 3 is 2.50 bits per heavy atom. The molecule has 0 fully saturated rings. The van der Waals surface area contributed by atoms with Gasteiger partial charge in [0, 0.05) is 17.1 Å². The number of fused-ring (bicyclic) bond motifs is 1. The topological polar surface area (TPSA) is 46.0 Å². The van der Waals surface area contributed by atoms with Crippen LogP contribution in [0.15, 0.2) is 48.5 Å². The average Bonchev–Trinajstić information content (AvgIpc) is 2.38. The van der Waals surface area contributed by atoms with Gasteiger partial charge in [-0.2, -0.15) is 4.98 Å². The molecular weight excluding hydrogens is 224 g/mol. The summed E-state index contributed by atoms with van der Waals surface area (Å²) in [5, 5.41) is 10.4. The van der Waals surface area contributed by atoms with Gasteiger partial charge < -0.3 is 5.11 Å². The Bertz CT molecular complexity index is 703. The molecule has 0 aliphatic heterocycles. The molecule has 0 aliphatic rings. The SMILES string of the molecule is Cc1cc(-c2ccccc2)c2ccc(O)nc2n1. The Hall–Kier alpha value is -2.42. The van der Waals surface area contributed by atoms with Gasteiger partial charge in [-0.25, -0.2) is 4.98 Å². The van der Waals surface area contributed by atoms with E-state index in [0.717, 1.165) is 22.2 Å². The van der Waals surface area contributed by atoms with Gasteiger partial charge in [-0.1, -0.05) is 30.3 Å². The molecule has 0 radical (unpaired) electrons. The molecule has 2 aromatic heterocycles. The second kappa shape index (κ2) is 4.11. The largest absolute Gasteiger partial charge is 0.493 e. The molecule has 0 saturated carbocycles. The van der Waals surface area contributed by atoms with Gasteiger partial charge in [-0.15, -0.1) is 0 Å². The molecular formula is C15H12N2O. The van der Waals surface area contributed by atoms with Crippen molar-refractivity contribution in [2.24, 2.45) is 0 Å². The lowest BCUT2D eigenvalue weighted by molar-refractivity contribution is 0.455.